The molecule has 1 aliphatic rings. The molecule has 1 N–H and O–H groups in total. The fourth-order valence-corrected chi connectivity index (χ4v) is 6.57. The maximum Gasteiger partial charge on any atom is 0.260 e. The standard InChI is InChI=1S/C32H38N2O4S/c1-5-21(4)23-10-7-8-11-25(23)37-16-9-17-38-26-15-13-22(19-27(26)36-6-2)30-33-31(35)29-24-14-12-20(3)18-28(24)39-32(29)34-30/h7-8,10-11,13,15,19-21H,5-6,9,12,14,16-18H2,1-4H3,(H,33,34,35)/t20-,21+/m0/s1. The molecule has 2 atom stereocenters. The Morgan fingerprint density at radius 1 is 1.05 bits per heavy atom. The van der Waals surface area contributed by atoms with Gasteiger partial charge in [-0.1, -0.05) is 39.0 Å². The summed E-state index contributed by atoms with van der Waals surface area (Å²) in [6.07, 6.45) is 4.93. The van der Waals surface area contributed by atoms with E-state index in [0.29, 0.717) is 49.0 Å². The van der Waals surface area contributed by atoms with E-state index >= 15 is 0 Å². The molecule has 0 fully saturated rings. The van der Waals surface area contributed by atoms with Crippen molar-refractivity contribution in [2.45, 2.75) is 65.7 Å². The van der Waals surface area contributed by atoms with E-state index in [1.807, 2.05) is 37.3 Å². The monoisotopic (exact) mass is 546 g/mol. The zero-order chi connectivity index (χ0) is 27.4. The fourth-order valence-electron chi connectivity index (χ4n) is 5.19. The number of nitrogens with one attached hydrogen (secondary N) is 1. The molecule has 0 spiro atoms. The molecule has 1 aliphatic carbocycles. The van der Waals surface area contributed by atoms with E-state index in [1.54, 1.807) is 11.3 Å². The van der Waals surface area contributed by atoms with E-state index in [9.17, 15) is 4.79 Å². The van der Waals surface area contributed by atoms with Crippen LogP contribution in [0.25, 0.3) is 21.6 Å². The Morgan fingerprint density at radius 2 is 1.85 bits per heavy atom. The van der Waals surface area contributed by atoms with Gasteiger partial charge in [0.25, 0.3) is 5.56 Å². The Morgan fingerprint density at radius 3 is 2.64 bits per heavy atom. The van der Waals surface area contributed by atoms with Crippen molar-refractivity contribution in [3.05, 3.63) is 68.8 Å². The van der Waals surface area contributed by atoms with Gasteiger partial charge in [-0.05, 0) is 79.8 Å². The van der Waals surface area contributed by atoms with Gasteiger partial charge in [-0.25, -0.2) is 4.98 Å². The van der Waals surface area contributed by atoms with E-state index in [4.69, 9.17) is 19.2 Å². The average Bonchev–Trinajstić information content (AvgIpc) is 3.31. The smallest absolute Gasteiger partial charge is 0.260 e. The molecule has 206 valence electrons. The maximum atomic E-state index is 13.1. The minimum atomic E-state index is -0.0600. The van der Waals surface area contributed by atoms with Crippen molar-refractivity contribution in [1.29, 1.82) is 0 Å². The SMILES string of the molecule is CCOc1cc(-c2nc3sc4c(c3c(=O)[nH]2)CC[C@H](C)C4)ccc1OCCCOc1ccccc1[C@H](C)CC. The number of thiophene rings is 1. The molecule has 39 heavy (non-hydrogen) atoms. The van der Waals surface area contributed by atoms with Crippen LogP contribution in [0.1, 0.15) is 68.9 Å². The van der Waals surface area contributed by atoms with Crippen LogP contribution in [0.15, 0.2) is 47.3 Å². The van der Waals surface area contributed by atoms with Gasteiger partial charge in [0.1, 0.15) is 16.4 Å². The first kappa shape index (κ1) is 27.3. The highest BCUT2D eigenvalue weighted by molar-refractivity contribution is 7.18. The van der Waals surface area contributed by atoms with Crippen molar-refractivity contribution in [3.63, 3.8) is 0 Å². The molecule has 6 nitrogen and oxygen atoms in total. The van der Waals surface area contributed by atoms with Gasteiger partial charge in [0, 0.05) is 16.9 Å². The summed E-state index contributed by atoms with van der Waals surface area (Å²) in [5.74, 6) is 3.93. The molecule has 0 unspecified atom stereocenters. The van der Waals surface area contributed by atoms with Gasteiger partial charge in [-0.15, -0.1) is 11.3 Å². The highest BCUT2D eigenvalue weighted by atomic mass is 32.1. The Kier molecular flexibility index (Phi) is 8.56. The van der Waals surface area contributed by atoms with Crippen LogP contribution >= 0.6 is 11.3 Å². The van der Waals surface area contributed by atoms with Crippen molar-refractivity contribution >= 4 is 21.6 Å². The highest BCUT2D eigenvalue weighted by Gasteiger charge is 2.23. The van der Waals surface area contributed by atoms with E-state index in [1.165, 1.54) is 16.0 Å². The lowest BCUT2D eigenvalue weighted by molar-refractivity contribution is 0.234. The van der Waals surface area contributed by atoms with Crippen molar-refractivity contribution in [2.75, 3.05) is 19.8 Å². The number of aryl methyl sites for hydroxylation is 1. The number of hydrogen-bond acceptors (Lipinski definition) is 6. The Labute approximate surface area is 234 Å². The van der Waals surface area contributed by atoms with Crippen molar-refractivity contribution in [1.82, 2.24) is 9.97 Å². The molecule has 2 aromatic heterocycles. The summed E-state index contributed by atoms with van der Waals surface area (Å²) in [5, 5.41) is 0.768. The summed E-state index contributed by atoms with van der Waals surface area (Å²) in [6.45, 7) is 10.2. The number of rotatable bonds is 11. The average molecular weight is 547 g/mol. The number of fused-ring (bicyclic) bond motifs is 3. The molecule has 4 aromatic rings. The summed E-state index contributed by atoms with van der Waals surface area (Å²) in [6, 6.07) is 14.0. The number of hydrogen-bond donors (Lipinski definition) is 1. The first-order chi connectivity index (χ1) is 19.0. The predicted octanol–water partition coefficient (Wildman–Crippen LogP) is 7.54. The Bertz CT molecular complexity index is 1490. The molecular formula is C32H38N2O4S. The lowest BCUT2D eigenvalue weighted by atomic mass is 9.89. The van der Waals surface area contributed by atoms with E-state index < -0.39 is 0 Å². The number of H-pyrrole nitrogens is 1. The van der Waals surface area contributed by atoms with Crippen molar-refractivity contribution in [3.8, 4) is 28.6 Å². The van der Waals surface area contributed by atoms with Gasteiger partial charge in [0.15, 0.2) is 11.5 Å². The van der Waals surface area contributed by atoms with Crippen LogP contribution in [-0.4, -0.2) is 29.8 Å². The van der Waals surface area contributed by atoms with Crippen molar-refractivity contribution in [2.24, 2.45) is 5.92 Å². The predicted molar refractivity (Wildman–Crippen MR) is 159 cm³/mol. The molecule has 0 saturated carbocycles. The fraction of sp³-hybridized carbons (Fsp3) is 0.438. The summed E-state index contributed by atoms with van der Waals surface area (Å²) >= 11 is 1.66. The second-order valence-electron chi connectivity index (χ2n) is 10.4. The topological polar surface area (TPSA) is 73.4 Å². The van der Waals surface area contributed by atoms with E-state index in [2.05, 4.69) is 37.9 Å². The van der Waals surface area contributed by atoms with Crippen LogP contribution in [0.3, 0.4) is 0 Å². The zero-order valence-electron chi connectivity index (χ0n) is 23.3. The molecule has 0 radical (unpaired) electrons. The number of aromatic amines is 1. The van der Waals surface area contributed by atoms with Crippen LogP contribution in [0.5, 0.6) is 17.2 Å². The third kappa shape index (κ3) is 5.98. The number of benzene rings is 2. The second-order valence-corrected chi connectivity index (χ2v) is 11.5. The summed E-state index contributed by atoms with van der Waals surface area (Å²) in [5.41, 5.74) is 3.18. The quantitative estimate of drug-likeness (QED) is 0.197. The number of ether oxygens (including phenoxy) is 3. The summed E-state index contributed by atoms with van der Waals surface area (Å²) in [7, 11) is 0. The van der Waals surface area contributed by atoms with Gasteiger partial charge in [0.05, 0.1) is 25.2 Å². The molecule has 2 aromatic carbocycles. The van der Waals surface area contributed by atoms with Crippen LogP contribution in [-0.2, 0) is 12.8 Å². The third-order valence-electron chi connectivity index (χ3n) is 7.55. The largest absolute Gasteiger partial charge is 0.493 e. The third-order valence-corrected chi connectivity index (χ3v) is 8.70. The van der Waals surface area contributed by atoms with Gasteiger partial charge in [-0.2, -0.15) is 0 Å². The van der Waals surface area contributed by atoms with E-state index in [0.717, 1.165) is 53.6 Å². The van der Waals surface area contributed by atoms with Gasteiger partial charge < -0.3 is 19.2 Å². The van der Waals surface area contributed by atoms with Crippen LogP contribution in [0.4, 0.5) is 0 Å². The molecule has 0 saturated heterocycles. The normalized spacial score (nSPS) is 15.6. The first-order valence-electron chi connectivity index (χ1n) is 14.1. The Balaban J connectivity index is 1.27. The molecule has 7 heteroatoms. The first-order valence-corrected chi connectivity index (χ1v) is 15.0. The second kappa shape index (κ2) is 12.2. The summed E-state index contributed by atoms with van der Waals surface area (Å²) < 4.78 is 18.1. The lowest BCUT2D eigenvalue weighted by Crippen LogP contribution is -2.13. The van der Waals surface area contributed by atoms with Gasteiger partial charge >= 0.3 is 0 Å². The maximum absolute atomic E-state index is 13.1. The van der Waals surface area contributed by atoms with Crippen LogP contribution in [0, 0.1) is 5.92 Å². The highest BCUT2D eigenvalue weighted by Crippen LogP contribution is 2.37. The molecule has 0 aliphatic heterocycles. The minimum Gasteiger partial charge on any atom is -0.493 e. The van der Waals surface area contributed by atoms with Gasteiger partial charge in [0.2, 0.25) is 0 Å². The molecule has 2 heterocycles. The van der Waals surface area contributed by atoms with Gasteiger partial charge in [-0.3, -0.25) is 4.79 Å². The van der Waals surface area contributed by atoms with Crippen molar-refractivity contribution < 1.29 is 14.2 Å². The van der Waals surface area contributed by atoms with E-state index in [-0.39, 0.29) is 5.56 Å². The lowest BCUT2D eigenvalue weighted by Gasteiger charge is -2.17. The number of para-hydroxylation sites is 1. The zero-order valence-corrected chi connectivity index (χ0v) is 24.2. The molecule has 0 bridgehead atoms. The number of nitrogens with zero attached hydrogens (tertiary/aromatic N) is 1. The van der Waals surface area contributed by atoms with Crippen LogP contribution in [0.2, 0.25) is 0 Å². The molecular weight excluding hydrogens is 508 g/mol. The Hall–Kier alpha value is -3.32. The number of aromatic nitrogens is 2. The summed E-state index contributed by atoms with van der Waals surface area (Å²) in [4.78, 5) is 23.1. The van der Waals surface area contributed by atoms with Crippen LogP contribution < -0.4 is 19.8 Å². The minimum absolute atomic E-state index is 0.0600. The molecule has 5 rings (SSSR count). The molecule has 0 amide bonds.